The molecule has 3 rings (SSSR count). The van der Waals surface area contributed by atoms with Crippen molar-refractivity contribution < 1.29 is 9.18 Å². The van der Waals surface area contributed by atoms with Crippen molar-refractivity contribution in [1.82, 2.24) is 9.88 Å². The Bertz CT molecular complexity index is 904. The molecule has 0 saturated heterocycles. The Labute approximate surface area is 148 Å². The molecule has 0 aliphatic carbocycles. The average molecular weight is 363 g/mol. The molecule has 6 heteroatoms. The number of amides is 1. The Morgan fingerprint density at radius 2 is 2.08 bits per heavy atom. The number of pyridine rings is 1. The highest BCUT2D eigenvalue weighted by Crippen LogP contribution is 2.25. The fourth-order valence-electron chi connectivity index (χ4n) is 2.63. The van der Waals surface area contributed by atoms with Gasteiger partial charge in [-0.25, -0.2) is 4.39 Å². The highest BCUT2D eigenvalue weighted by molar-refractivity contribution is 7.16. The third-order valence-electron chi connectivity index (χ3n) is 3.77. The topological polar surface area (TPSA) is 33.2 Å². The summed E-state index contributed by atoms with van der Waals surface area (Å²) in [5.74, 6) is -0.455. The molecule has 0 aliphatic rings. The zero-order valence-corrected chi connectivity index (χ0v) is 14.9. The lowest BCUT2D eigenvalue weighted by Gasteiger charge is -2.21. The molecule has 1 aromatic carbocycles. The number of aryl methyl sites for hydroxylation is 1. The molecule has 0 bridgehead atoms. The first-order valence-electron chi connectivity index (χ1n) is 7.58. The minimum Gasteiger partial charge on any atom is -0.334 e. The van der Waals surface area contributed by atoms with Gasteiger partial charge in [0.05, 0.1) is 22.0 Å². The van der Waals surface area contributed by atoms with Crippen molar-refractivity contribution in [1.29, 1.82) is 0 Å². The molecule has 2 aromatic heterocycles. The molecule has 0 spiro atoms. The first kappa shape index (κ1) is 16.9. The van der Waals surface area contributed by atoms with E-state index in [1.54, 1.807) is 24.0 Å². The van der Waals surface area contributed by atoms with Crippen LogP contribution in [-0.4, -0.2) is 22.3 Å². The Morgan fingerprint density at radius 3 is 2.75 bits per heavy atom. The number of nitrogens with zero attached hydrogens (tertiary/aromatic N) is 2. The average Bonchev–Trinajstić information content (AvgIpc) is 2.95. The molecule has 0 radical (unpaired) electrons. The van der Waals surface area contributed by atoms with Gasteiger partial charge in [0.1, 0.15) is 5.82 Å². The van der Waals surface area contributed by atoms with Gasteiger partial charge >= 0.3 is 0 Å². The highest BCUT2D eigenvalue weighted by atomic mass is 35.5. The summed E-state index contributed by atoms with van der Waals surface area (Å²) in [5, 5.41) is 0.662. The zero-order chi connectivity index (χ0) is 17.3. The van der Waals surface area contributed by atoms with Crippen LogP contribution in [0.2, 0.25) is 4.34 Å². The van der Waals surface area contributed by atoms with Gasteiger partial charge in [0.25, 0.3) is 5.91 Å². The summed E-state index contributed by atoms with van der Waals surface area (Å²) < 4.78 is 14.2. The number of fused-ring (bicyclic) bond motifs is 1. The molecule has 0 N–H and O–H groups in total. The maximum absolute atomic E-state index is 13.5. The van der Waals surface area contributed by atoms with Crippen LogP contribution in [0.5, 0.6) is 0 Å². The summed E-state index contributed by atoms with van der Waals surface area (Å²) in [4.78, 5) is 20.1. The fourth-order valence-corrected chi connectivity index (χ4v) is 3.74. The van der Waals surface area contributed by atoms with Crippen LogP contribution in [-0.2, 0) is 6.54 Å². The van der Waals surface area contributed by atoms with Crippen LogP contribution in [0, 0.1) is 12.7 Å². The molecule has 0 fully saturated rings. The minimum absolute atomic E-state index is 0.0934. The van der Waals surface area contributed by atoms with Crippen molar-refractivity contribution in [3.05, 3.63) is 62.7 Å². The molecule has 124 valence electrons. The number of halogens is 2. The predicted octanol–water partition coefficient (Wildman–Crippen LogP) is 5.06. The predicted molar refractivity (Wildman–Crippen MR) is 96.2 cm³/mol. The second kappa shape index (κ2) is 6.87. The van der Waals surface area contributed by atoms with E-state index in [-0.39, 0.29) is 11.7 Å². The Hall–Kier alpha value is -1.98. The van der Waals surface area contributed by atoms with Gasteiger partial charge in [-0.1, -0.05) is 11.6 Å². The standard InChI is InChI=1S/C18H16ClFN2OS/c1-3-22(10-13-5-7-17(19)24-13)18(23)15-8-11(2)21-16-9-12(20)4-6-14(15)16/h4-9H,3,10H2,1-2H3. The fraction of sp³-hybridized carbons (Fsp3) is 0.222. The van der Waals surface area contributed by atoms with Gasteiger partial charge in [0, 0.05) is 28.6 Å². The first-order valence-corrected chi connectivity index (χ1v) is 8.77. The lowest BCUT2D eigenvalue weighted by Crippen LogP contribution is -2.30. The van der Waals surface area contributed by atoms with Crippen LogP contribution < -0.4 is 0 Å². The number of benzene rings is 1. The first-order chi connectivity index (χ1) is 11.5. The number of thiophene rings is 1. The number of carbonyl (C=O) groups excluding carboxylic acids is 1. The molecule has 0 unspecified atom stereocenters. The SMILES string of the molecule is CCN(Cc1ccc(Cl)s1)C(=O)c1cc(C)nc2cc(F)ccc12. The van der Waals surface area contributed by atoms with Crippen LogP contribution in [0.4, 0.5) is 4.39 Å². The normalized spacial score (nSPS) is 11.0. The van der Waals surface area contributed by atoms with E-state index in [0.29, 0.717) is 39.6 Å². The Kier molecular flexibility index (Phi) is 4.83. The molecule has 0 atom stereocenters. The summed E-state index contributed by atoms with van der Waals surface area (Å²) in [6.45, 7) is 4.80. The van der Waals surface area contributed by atoms with E-state index in [0.717, 1.165) is 4.88 Å². The number of rotatable bonds is 4. The van der Waals surface area contributed by atoms with E-state index in [4.69, 9.17) is 11.6 Å². The van der Waals surface area contributed by atoms with Crippen LogP contribution >= 0.6 is 22.9 Å². The number of aromatic nitrogens is 1. The second-order valence-corrected chi connectivity index (χ2v) is 7.30. The molecule has 1 amide bonds. The molecule has 3 aromatic rings. The Balaban J connectivity index is 1.99. The van der Waals surface area contributed by atoms with Gasteiger partial charge in [0.15, 0.2) is 0 Å². The largest absolute Gasteiger partial charge is 0.334 e. The van der Waals surface area contributed by atoms with Gasteiger partial charge in [-0.15, -0.1) is 11.3 Å². The number of carbonyl (C=O) groups is 1. The van der Waals surface area contributed by atoms with E-state index in [9.17, 15) is 9.18 Å². The zero-order valence-electron chi connectivity index (χ0n) is 13.3. The minimum atomic E-state index is -0.362. The Morgan fingerprint density at radius 1 is 1.29 bits per heavy atom. The molecule has 0 saturated carbocycles. The van der Waals surface area contributed by atoms with Gasteiger partial charge in [-0.3, -0.25) is 9.78 Å². The molecule has 3 nitrogen and oxygen atoms in total. The van der Waals surface area contributed by atoms with Crippen molar-refractivity contribution in [3.8, 4) is 0 Å². The second-order valence-electron chi connectivity index (χ2n) is 5.50. The van der Waals surface area contributed by atoms with Gasteiger partial charge in [-0.05, 0) is 44.2 Å². The number of hydrogen-bond acceptors (Lipinski definition) is 3. The van der Waals surface area contributed by atoms with Crippen molar-refractivity contribution in [2.75, 3.05) is 6.54 Å². The summed E-state index contributed by atoms with van der Waals surface area (Å²) in [7, 11) is 0. The summed E-state index contributed by atoms with van der Waals surface area (Å²) in [5.41, 5.74) is 1.72. The van der Waals surface area contributed by atoms with Gasteiger partial charge < -0.3 is 4.90 Å². The van der Waals surface area contributed by atoms with E-state index in [2.05, 4.69) is 4.98 Å². The van der Waals surface area contributed by atoms with Gasteiger partial charge in [-0.2, -0.15) is 0 Å². The highest BCUT2D eigenvalue weighted by Gasteiger charge is 2.19. The van der Waals surface area contributed by atoms with Crippen LogP contribution in [0.3, 0.4) is 0 Å². The van der Waals surface area contributed by atoms with Crippen molar-refractivity contribution >= 4 is 39.7 Å². The van der Waals surface area contributed by atoms with Crippen LogP contribution in [0.15, 0.2) is 36.4 Å². The monoisotopic (exact) mass is 362 g/mol. The van der Waals surface area contributed by atoms with Crippen LogP contribution in [0.1, 0.15) is 27.9 Å². The molecule has 2 heterocycles. The molecular formula is C18H16ClFN2OS. The number of hydrogen-bond donors (Lipinski definition) is 0. The lowest BCUT2D eigenvalue weighted by molar-refractivity contribution is 0.0756. The van der Waals surface area contributed by atoms with E-state index in [1.165, 1.54) is 23.5 Å². The summed E-state index contributed by atoms with van der Waals surface area (Å²) >= 11 is 7.43. The van der Waals surface area contributed by atoms with Crippen molar-refractivity contribution in [3.63, 3.8) is 0 Å². The van der Waals surface area contributed by atoms with E-state index < -0.39 is 0 Å². The third-order valence-corrected chi connectivity index (χ3v) is 4.99. The van der Waals surface area contributed by atoms with Gasteiger partial charge in [0.2, 0.25) is 0 Å². The molecular weight excluding hydrogens is 347 g/mol. The summed E-state index contributed by atoms with van der Waals surface area (Å²) in [6.07, 6.45) is 0. The van der Waals surface area contributed by atoms with Crippen LogP contribution in [0.25, 0.3) is 10.9 Å². The third kappa shape index (κ3) is 3.42. The van der Waals surface area contributed by atoms with E-state index in [1.807, 2.05) is 19.1 Å². The molecule has 24 heavy (non-hydrogen) atoms. The lowest BCUT2D eigenvalue weighted by atomic mass is 10.1. The quantitative estimate of drug-likeness (QED) is 0.650. The van der Waals surface area contributed by atoms with E-state index >= 15 is 0 Å². The van der Waals surface area contributed by atoms with Crippen molar-refractivity contribution in [2.24, 2.45) is 0 Å². The molecule has 0 aliphatic heterocycles. The maximum Gasteiger partial charge on any atom is 0.254 e. The van der Waals surface area contributed by atoms with Crippen molar-refractivity contribution in [2.45, 2.75) is 20.4 Å². The smallest absolute Gasteiger partial charge is 0.254 e. The summed E-state index contributed by atoms with van der Waals surface area (Å²) in [6, 6.07) is 9.83. The maximum atomic E-state index is 13.5.